The first-order valence-electron chi connectivity index (χ1n) is 7.70. The van der Waals surface area contributed by atoms with Gasteiger partial charge in [-0.3, -0.25) is 4.90 Å². The Labute approximate surface area is 133 Å². The fraction of sp³-hybridized carbons (Fsp3) is 0.278. The van der Waals surface area contributed by atoms with Crippen molar-refractivity contribution in [2.24, 2.45) is 0 Å². The summed E-state index contributed by atoms with van der Waals surface area (Å²) in [6, 6.07) is 11.5. The third-order valence-electron chi connectivity index (χ3n) is 4.37. The Hall–Kier alpha value is -2.37. The van der Waals surface area contributed by atoms with Gasteiger partial charge in [0.1, 0.15) is 18.8 Å². The largest absolute Gasteiger partial charge is 0.445 e. The highest BCUT2D eigenvalue weighted by Crippen LogP contribution is 2.31. The van der Waals surface area contributed by atoms with Crippen molar-refractivity contribution < 1.29 is 18.8 Å². The minimum Gasteiger partial charge on any atom is -0.445 e. The Morgan fingerprint density at radius 1 is 1.13 bits per heavy atom. The van der Waals surface area contributed by atoms with E-state index in [0.717, 1.165) is 35.2 Å². The molecule has 0 fully saturated rings. The van der Waals surface area contributed by atoms with Crippen LogP contribution in [0.3, 0.4) is 0 Å². The number of benzene rings is 2. The van der Waals surface area contributed by atoms with Crippen LogP contribution in [-0.2, 0) is 11.3 Å². The van der Waals surface area contributed by atoms with E-state index in [1.165, 1.54) is 4.90 Å². The molecule has 2 heterocycles. The summed E-state index contributed by atoms with van der Waals surface area (Å²) in [5, 5.41) is 2.49. The first-order chi connectivity index (χ1) is 11.3. The molecule has 5 nitrogen and oxygen atoms in total. The van der Waals surface area contributed by atoms with Gasteiger partial charge in [0.05, 0.1) is 17.6 Å². The van der Waals surface area contributed by atoms with Gasteiger partial charge in [-0.25, -0.2) is 4.79 Å². The average molecular weight is 312 g/mol. The van der Waals surface area contributed by atoms with Crippen molar-refractivity contribution in [2.45, 2.75) is 6.54 Å². The number of rotatable bonds is 3. The Kier molecular flexibility index (Phi) is 3.52. The highest BCUT2D eigenvalue weighted by atomic mass is 16.5. The molecule has 118 valence electrons. The molecule has 0 spiro atoms. The molecule has 0 bridgehead atoms. The average Bonchev–Trinajstić information content (AvgIpc) is 2.60. The molecule has 3 aromatic rings. The molecule has 1 atom stereocenters. The van der Waals surface area contributed by atoms with E-state index in [9.17, 15) is 4.79 Å². The van der Waals surface area contributed by atoms with Crippen LogP contribution in [0.25, 0.3) is 21.7 Å². The zero-order valence-corrected chi connectivity index (χ0v) is 12.9. The molecule has 2 aromatic carbocycles. The van der Waals surface area contributed by atoms with Crippen molar-refractivity contribution in [3.05, 3.63) is 52.4 Å². The molecule has 5 heteroatoms. The predicted octanol–water partition coefficient (Wildman–Crippen LogP) is 1.33. The first-order valence-corrected chi connectivity index (χ1v) is 7.70. The monoisotopic (exact) mass is 312 g/mol. The van der Waals surface area contributed by atoms with E-state index in [-0.39, 0.29) is 5.63 Å². The quantitative estimate of drug-likeness (QED) is 0.585. The van der Waals surface area contributed by atoms with Gasteiger partial charge in [-0.2, -0.15) is 0 Å². The van der Waals surface area contributed by atoms with Gasteiger partial charge in [0.2, 0.25) is 6.73 Å². The molecule has 4 rings (SSSR count). The second kappa shape index (κ2) is 5.68. The SMILES string of the molecule is COCC[NH+]1COc2ccc3c(oc(=O)c4ccccc43)c2C1. The summed E-state index contributed by atoms with van der Waals surface area (Å²) in [5.74, 6) is 0.803. The van der Waals surface area contributed by atoms with Crippen molar-refractivity contribution >= 4 is 21.7 Å². The second-order valence-electron chi connectivity index (χ2n) is 5.81. The summed E-state index contributed by atoms with van der Waals surface area (Å²) < 4.78 is 16.6. The van der Waals surface area contributed by atoms with E-state index in [2.05, 4.69) is 0 Å². The van der Waals surface area contributed by atoms with E-state index >= 15 is 0 Å². The summed E-state index contributed by atoms with van der Waals surface area (Å²) in [7, 11) is 1.69. The Balaban J connectivity index is 1.90. The van der Waals surface area contributed by atoms with Crippen LogP contribution in [0.2, 0.25) is 0 Å². The topological polar surface area (TPSA) is 53.1 Å². The molecule has 0 saturated carbocycles. The van der Waals surface area contributed by atoms with Crippen LogP contribution in [0, 0.1) is 0 Å². The van der Waals surface area contributed by atoms with Crippen LogP contribution >= 0.6 is 0 Å². The Morgan fingerprint density at radius 2 is 1.96 bits per heavy atom. The lowest BCUT2D eigenvalue weighted by atomic mass is 10.0. The third kappa shape index (κ3) is 2.38. The third-order valence-corrected chi connectivity index (χ3v) is 4.37. The standard InChI is InChI=1S/C18H17NO4/c1-21-9-8-19-10-15-16(22-11-19)7-6-13-12-4-2-3-5-14(12)18(20)23-17(13)15/h2-7H,8-11H2,1H3/p+1. The Bertz CT molecular complexity index is 931. The van der Waals surface area contributed by atoms with E-state index in [1.54, 1.807) is 13.2 Å². The van der Waals surface area contributed by atoms with Crippen LogP contribution in [0.4, 0.5) is 0 Å². The molecule has 0 radical (unpaired) electrons. The van der Waals surface area contributed by atoms with Crippen LogP contribution in [0.15, 0.2) is 45.6 Å². The summed E-state index contributed by atoms with van der Waals surface area (Å²) in [6.45, 7) is 2.88. The van der Waals surface area contributed by atoms with Crippen LogP contribution in [-0.4, -0.2) is 27.0 Å². The lowest BCUT2D eigenvalue weighted by Gasteiger charge is -2.26. The molecular formula is C18H18NO4+. The minimum absolute atomic E-state index is 0.300. The summed E-state index contributed by atoms with van der Waals surface area (Å²) in [6.07, 6.45) is 0. The second-order valence-corrected chi connectivity index (χ2v) is 5.81. The molecule has 0 amide bonds. The summed E-state index contributed by atoms with van der Waals surface area (Å²) in [4.78, 5) is 13.6. The van der Waals surface area contributed by atoms with Crippen molar-refractivity contribution in [1.29, 1.82) is 0 Å². The van der Waals surface area contributed by atoms with E-state index < -0.39 is 0 Å². The smallest absolute Gasteiger partial charge is 0.344 e. The lowest BCUT2D eigenvalue weighted by molar-refractivity contribution is -0.932. The molecule has 0 aliphatic carbocycles. The molecule has 0 saturated heterocycles. The maximum atomic E-state index is 12.3. The Morgan fingerprint density at radius 3 is 2.78 bits per heavy atom. The van der Waals surface area contributed by atoms with Gasteiger partial charge in [-0.1, -0.05) is 18.2 Å². The van der Waals surface area contributed by atoms with Crippen LogP contribution in [0.1, 0.15) is 5.56 Å². The zero-order valence-electron chi connectivity index (χ0n) is 12.9. The fourth-order valence-electron chi connectivity index (χ4n) is 3.17. The number of ether oxygens (including phenoxy) is 2. The molecule has 1 aliphatic rings. The van der Waals surface area contributed by atoms with E-state index in [0.29, 0.717) is 24.3 Å². The van der Waals surface area contributed by atoms with Crippen LogP contribution < -0.4 is 15.3 Å². The van der Waals surface area contributed by atoms with E-state index in [1.807, 2.05) is 30.3 Å². The first kappa shape index (κ1) is 14.2. The maximum absolute atomic E-state index is 12.3. The van der Waals surface area contributed by atoms with E-state index in [4.69, 9.17) is 13.9 Å². The highest BCUT2D eigenvalue weighted by Gasteiger charge is 2.24. The van der Waals surface area contributed by atoms with Crippen molar-refractivity contribution in [1.82, 2.24) is 0 Å². The number of hydrogen-bond acceptors (Lipinski definition) is 4. The van der Waals surface area contributed by atoms with Gasteiger partial charge in [0.25, 0.3) is 0 Å². The predicted molar refractivity (Wildman–Crippen MR) is 86.9 cm³/mol. The maximum Gasteiger partial charge on any atom is 0.344 e. The summed E-state index contributed by atoms with van der Waals surface area (Å²) in [5.41, 5.74) is 1.30. The number of quaternary nitrogens is 1. The number of methoxy groups -OCH3 is 1. The van der Waals surface area contributed by atoms with Gasteiger partial charge >= 0.3 is 5.63 Å². The minimum atomic E-state index is -0.300. The van der Waals surface area contributed by atoms with Crippen molar-refractivity contribution in [3.63, 3.8) is 0 Å². The normalized spacial score (nSPS) is 17.2. The van der Waals surface area contributed by atoms with Gasteiger partial charge in [-0.15, -0.1) is 0 Å². The van der Waals surface area contributed by atoms with Crippen LogP contribution in [0.5, 0.6) is 5.75 Å². The molecule has 23 heavy (non-hydrogen) atoms. The van der Waals surface area contributed by atoms with Crippen molar-refractivity contribution in [3.8, 4) is 5.75 Å². The number of nitrogens with one attached hydrogen (secondary N) is 1. The van der Waals surface area contributed by atoms with Gasteiger partial charge in [-0.05, 0) is 23.6 Å². The molecular weight excluding hydrogens is 294 g/mol. The molecule has 1 aliphatic heterocycles. The van der Waals surface area contributed by atoms with Gasteiger partial charge in [0.15, 0.2) is 5.58 Å². The number of hydrogen-bond donors (Lipinski definition) is 1. The highest BCUT2D eigenvalue weighted by molar-refractivity contribution is 6.05. The van der Waals surface area contributed by atoms with Gasteiger partial charge < -0.3 is 13.9 Å². The van der Waals surface area contributed by atoms with Gasteiger partial charge in [0, 0.05) is 12.5 Å². The molecule has 1 N–H and O–H groups in total. The number of fused-ring (bicyclic) bond motifs is 5. The zero-order chi connectivity index (χ0) is 15.8. The fourth-order valence-corrected chi connectivity index (χ4v) is 3.17. The lowest BCUT2D eigenvalue weighted by Crippen LogP contribution is -3.12. The summed E-state index contributed by atoms with van der Waals surface area (Å²) >= 11 is 0. The molecule has 1 aromatic heterocycles. The van der Waals surface area contributed by atoms with Crippen molar-refractivity contribution in [2.75, 3.05) is 27.0 Å². The molecule has 1 unspecified atom stereocenters.